The Bertz CT molecular complexity index is 525. The van der Waals surface area contributed by atoms with Gasteiger partial charge in [-0.25, -0.2) is 4.39 Å². The van der Waals surface area contributed by atoms with Gasteiger partial charge in [0.2, 0.25) is 0 Å². The number of nitrogens with zero attached hydrogens (tertiary/aromatic N) is 1. The van der Waals surface area contributed by atoms with Gasteiger partial charge in [-0.3, -0.25) is 15.2 Å². The van der Waals surface area contributed by atoms with E-state index in [4.69, 9.17) is 0 Å². The monoisotopic (exact) mass is 244 g/mol. The summed E-state index contributed by atoms with van der Waals surface area (Å²) in [7, 11) is 1.75. The minimum atomic E-state index is -0.358. The Balaban J connectivity index is 2.06. The van der Waals surface area contributed by atoms with Crippen LogP contribution >= 0.6 is 0 Å². The highest BCUT2D eigenvalue weighted by Gasteiger charge is 2.08. The highest BCUT2D eigenvalue weighted by molar-refractivity contribution is 5.95. The predicted molar refractivity (Wildman–Crippen MR) is 68.7 cm³/mol. The molecule has 0 aliphatic rings. The molecule has 0 fully saturated rings. The van der Waals surface area contributed by atoms with Gasteiger partial charge in [-0.05, 0) is 36.4 Å². The van der Waals surface area contributed by atoms with Crippen molar-refractivity contribution in [2.45, 2.75) is 0 Å². The summed E-state index contributed by atoms with van der Waals surface area (Å²) in [5.74, 6) is -0.635. The smallest absolute Gasteiger partial charge is 0.269 e. The molecule has 0 saturated heterocycles. The second-order valence-electron chi connectivity index (χ2n) is 3.84. The maximum absolute atomic E-state index is 12.7. The van der Waals surface area contributed by atoms with E-state index in [-0.39, 0.29) is 11.7 Å². The number of hydrogen-bond acceptors (Lipinski definition) is 2. The average Bonchev–Trinajstić information content (AvgIpc) is 2.40. The summed E-state index contributed by atoms with van der Waals surface area (Å²) in [5, 5.41) is 1.62. The molecular weight excluding hydrogens is 231 g/mol. The summed E-state index contributed by atoms with van der Waals surface area (Å²) >= 11 is 0. The Morgan fingerprint density at radius 3 is 2.28 bits per heavy atom. The van der Waals surface area contributed by atoms with Gasteiger partial charge in [-0.2, -0.15) is 0 Å². The van der Waals surface area contributed by atoms with Gasteiger partial charge in [0.05, 0.1) is 5.69 Å². The van der Waals surface area contributed by atoms with E-state index >= 15 is 0 Å². The van der Waals surface area contributed by atoms with Crippen LogP contribution in [0.5, 0.6) is 0 Å². The summed E-state index contributed by atoms with van der Waals surface area (Å²) in [6, 6.07) is 14.8. The standard InChI is InChI=1S/C14H13FN2O/c1-17(13-5-3-2-4-6-13)16-14(18)11-7-9-12(15)10-8-11/h2-10H,1H3,(H,16,18). The van der Waals surface area contributed by atoms with Gasteiger partial charge < -0.3 is 0 Å². The van der Waals surface area contributed by atoms with Crippen molar-refractivity contribution in [1.82, 2.24) is 5.43 Å². The van der Waals surface area contributed by atoms with Crippen LogP contribution in [0.25, 0.3) is 0 Å². The third-order valence-corrected chi connectivity index (χ3v) is 2.52. The maximum Gasteiger partial charge on any atom is 0.269 e. The van der Waals surface area contributed by atoms with E-state index in [9.17, 15) is 9.18 Å². The number of carbonyl (C=O) groups is 1. The number of hydrazine groups is 1. The molecule has 1 amide bonds. The molecule has 0 atom stereocenters. The first-order valence-electron chi connectivity index (χ1n) is 5.52. The molecule has 4 heteroatoms. The predicted octanol–water partition coefficient (Wildman–Crippen LogP) is 2.61. The second kappa shape index (κ2) is 5.31. The Morgan fingerprint density at radius 2 is 1.67 bits per heavy atom. The number of hydrogen-bond donors (Lipinski definition) is 1. The van der Waals surface area contributed by atoms with Gasteiger partial charge in [0.1, 0.15) is 5.82 Å². The van der Waals surface area contributed by atoms with Crippen LogP contribution in [-0.4, -0.2) is 13.0 Å². The Kier molecular flexibility index (Phi) is 3.57. The van der Waals surface area contributed by atoms with Gasteiger partial charge in [0, 0.05) is 12.6 Å². The molecule has 0 aliphatic carbocycles. The van der Waals surface area contributed by atoms with Crippen LogP contribution in [0.4, 0.5) is 10.1 Å². The van der Waals surface area contributed by atoms with Crippen molar-refractivity contribution >= 4 is 11.6 Å². The molecule has 92 valence electrons. The fraction of sp³-hybridized carbons (Fsp3) is 0.0714. The summed E-state index contributed by atoms with van der Waals surface area (Å²) in [5.41, 5.74) is 3.99. The summed E-state index contributed by atoms with van der Waals surface area (Å²) in [4.78, 5) is 11.9. The second-order valence-corrected chi connectivity index (χ2v) is 3.84. The lowest BCUT2D eigenvalue weighted by molar-refractivity contribution is 0.0951. The van der Waals surface area contributed by atoms with Crippen LogP contribution < -0.4 is 10.4 Å². The normalized spacial score (nSPS) is 9.89. The molecule has 0 heterocycles. The number of para-hydroxylation sites is 1. The quantitative estimate of drug-likeness (QED) is 0.842. The molecule has 0 radical (unpaired) electrons. The van der Waals surface area contributed by atoms with Crippen molar-refractivity contribution in [2.24, 2.45) is 0 Å². The van der Waals surface area contributed by atoms with Crippen LogP contribution in [0.3, 0.4) is 0 Å². The van der Waals surface area contributed by atoms with Crippen molar-refractivity contribution in [2.75, 3.05) is 12.1 Å². The lowest BCUT2D eigenvalue weighted by atomic mass is 10.2. The zero-order valence-corrected chi connectivity index (χ0v) is 9.93. The van der Waals surface area contributed by atoms with Crippen LogP contribution in [0, 0.1) is 5.82 Å². The average molecular weight is 244 g/mol. The molecule has 18 heavy (non-hydrogen) atoms. The van der Waals surface area contributed by atoms with Crippen molar-refractivity contribution in [3.63, 3.8) is 0 Å². The van der Waals surface area contributed by atoms with Crippen molar-refractivity contribution in [1.29, 1.82) is 0 Å². The SMILES string of the molecule is CN(NC(=O)c1ccc(F)cc1)c1ccccc1. The van der Waals surface area contributed by atoms with Gasteiger partial charge in [0.25, 0.3) is 5.91 Å². The fourth-order valence-corrected chi connectivity index (χ4v) is 1.53. The van der Waals surface area contributed by atoms with Crippen LogP contribution in [0.2, 0.25) is 0 Å². The van der Waals surface area contributed by atoms with E-state index in [0.717, 1.165) is 5.69 Å². The molecule has 0 spiro atoms. The molecule has 0 unspecified atom stereocenters. The number of carbonyl (C=O) groups excluding carboxylic acids is 1. The van der Waals surface area contributed by atoms with Gasteiger partial charge in [-0.15, -0.1) is 0 Å². The molecule has 0 aliphatic heterocycles. The van der Waals surface area contributed by atoms with Crippen LogP contribution in [0.1, 0.15) is 10.4 Å². The number of amides is 1. The van der Waals surface area contributed by atoms with Gasteiger partial charge in [-0.1, -0.05) is 18.2 Å². The number of nitrogens with one attached hydrogen (secondary N) is 1. The minimum absolute atomic E-state index is 0.277. The highest BCUT2D eigenvalue weighted by atomic mass is 19.1. The number of benzene rings is 2. The molecule has 1 N–H and O–H groups in total. The van der Waals surface area contributed by atoms with Crippen molar-refractivity contribution in [3.05, 3.63) is 66.0 Å². The zero-order valence-electron chi connectivity index (χ0n) is 9.93. The summed E-state index contributed by atoms with van der Waals surface area (Å²) in [6.07, 6.45) is 0. The van der Waals surface area contributed by atoms with E-state index in [0.29, 0.717) is 5.56 Å². The first-order valence-corrected chi connectivity index (χ1v) is 5.52. The van der Waals surface area contributed by atoms with Crippen LogP contribution in [0.15, 0.2) is 54.6 Å². The van der Waals surface area contributed by atoms with E-state index in [1.54, 1.807) is 12.1 Å². The molecule has 0 saturated carbocycles. The van der Waals surface area contributed by atoms with Crippen molar-refractivity contribution in [3.8, 4) is 0 Å². The van der Waals surface area contributed by atoms with E-state index in [2.05, 4.69) is 5.43 Å². The largest absolute Gasteiger partial charge is 0.288 e. The third-order valence-electron chi connectivity index (χ3n) is 2.52. The molecule has 0 aromatic heterocycles. The first-order chi connectivity index (χ1) is 8.66. The van der Waals surface area contributed by atoms with E-state index in [1.807, 2.05) is 30.3 Å². The first kappa shape index (κ1) is 12.1. The zero-order chi connectivity index (χ0) is 13.0. The number of halogens is 1. The van der Waals surface area contributed by atoms with Gasteiger partial charge in [0.15, 0.2) is 0 Å². The number of rotatable bonds is 3. The molecule has 0 bridgehead atoms. The van der Waals surface area contributed by atoms with E-state index < -0.39 is 0 Å². The fourth-order valence-electron chi connectivity index (χ4n) is 1.53. The maximum atomic E-state index is 12.7. The van der Waals surface area contributed by atoms with Crippen LogP contribution in [-0.2, 0) is 0 Å². The summed E-state index contributed by atoms with van der Waals surface area (Å²) < 4.78 is 12.7. The third kappa shape index (κ3) is 2.85. The molecular formula is C14H13FN2O. The van der Waals surface area contributed by atoms with E-state index in [1.165, 1.54) is 24.3 Å². The Labute approximate surface area is 105 Å². The Morgan fingerprint density at radius 1 is 1.06 bits per heavy atom. The minimum Gasteiger partial charge on any atom is -0.288 e. The Hall–Kier alpha value is -2.36. The summed E-state index contributed by atoms with van der Waals surface area (Å²) in [6.45, 7) is 0. The number of anilines is 1. The molecule has 2 aromatic carbocycles. The topological polar surface area (TPSA) is 32.3 Å². The van der Waals surface area contributed by atoms with Gasteiger partial charge >= 0.3 is 0 Å². The molecule has 3 nitrogen and oxygen atoms in total. The molecule has 2 rings (SSSR count). The highest BCUT2D eigenvalue weighted by Crippen LogP contribution is 2.09. The lowest BCUT2D eigenvalue weighted by Crippen LogP contribution is -2.39. The molecule has 2 aromatic rings. The lowest BCUT2D eigenvalue weighted by Gasteiger charge is -2.20. The van der Waals surface area contributed by atoms with Crippen molar-refractivity contribution < 1.29 is 9.18 Å².